The molecule has 0 radical (unpaired) electrons. The van der Waals surface area contributed by atoms with Gasteiger partial charge in [-0.25, -0.2) is 0 Å². The average Bonchev–Trinajstić information content (AvgIpc) is 2.51. The van der Waals surface area contributed by atoms with Crippen molar-refractivity contribution in [3.05, 3.63) is 35.9 Å². The van der Waals surface area contributed by atoms with Gasteiger partial charge in [-0.1, -0.05) is 30.3 Å². The molecule has 0 aromatic heterocycles. The number of nitrogens with one attached hydrogen (secondary N) is 1. The zero-order valence-corrected chi connectivity index (χ0v) is 12.3. The molecule has 0 amide bonds. The molecule has 4 heteroatoms. The van der Waals surface area contributed by atoms with Crippen LogP contribution in [-0.4, -0.2) is 54.5 Å². The van der Waals surface area contributed by atoms with E-state index < -0.39 is 0 Å². The van der Waals surface area contributed by atoms with Crippen LogP contribution in [0.25, 0.3) is 0 Å². The fraction of sp³-hybridized carbons (Fsp3) is 0.562. The van der Waals surface area contributed by atoms with Crippen LogP contribution in [0, 0.1) is 0 Å². The fourth-order valence-electron chi connectivity index (χ4n) is 2.97. The number of hydrogen-bond donors (Lipinski definition) is 1. The maximum absolute atomic E-state index is 4.61. The molecule has 3 rings (SSSR count). The highest BCUT2D eigenvalue weighted by Crippen LogP contribution is 2.14. The number of hydrogen-bond acceptors (Lipinski definition) is 4. The third-order valence-electron chi connectivity index (χ3n) is 4.17. The van der Waals surface area contributed by atoms with Crippen LogP contribution in [-0.2, 0) is 6.54 Å². The van der Waals surface area contributed by atoms with Gasteiger partial charge < -0.3 is 10.2 Å². The van der Waals surface area contributed by atoms with Crippen molar-refractivity contribution in [1.82, 2.24) is 15.1 Å². The Morgan fingerprint density at radius 3 is 2.80 bits per heavy atom. The van der Waals surface area contributed by atoms with Crippen molar-refractivity contribution in [3.63, 3.8) is 0 Å². The second-order valence-corrected chi connectivity index (χ2v) is 5.74. The Balaban J connectivity index is 1.58. The molecule has 1 atom stereocenters. The van der Waals surface area contributed by atoms with Gasteiger partial charge in [0.05, 0.1) is 0 Å². The third-order valence-corrected chi connectivity index (χ3v) is 4.17. The van der Waals surface area contributed by atoms with E-state index in [9.17, 15) is 0 Å². The summed E-state index contributed by atoms with van der Waals surface area (Å²) >= 11 is 0. The molecule has 1 fully saturated rings. The van der Waals surface area contributed by atoms with E-state index >= 15 is 0 Å². The Morgan fingerprint density at radius 1 is 1.25 bits per heavy atom. The predicted molar refractivity (Wildman–Crippen MR) is 82.8 cm³/mol. The molecule has 1 N–H and O–H groups in total. The summed E-state index contributed by atoms with van der Waals surface area (Å²) in [7, 11) is 0. The molecule has 1 saturated heterocycles. The molecular formula is C16H24N4. The Morgan fingerprint density at radius 2 is 2.10 bits per heavy atom. The Kier molecular flexibility index (Phi) is 4.21. The lowest BCUT2D eigenvalue weighted by atomic mass is 10.1. The molecule has 0 aliphatic carbocycles. The highest BCUT2D eigenvalue weighted by molar-refractivity contribution is 5.80. The van der Waals surface area contributed by atoms with Crippen molar-refractivity contribution in [2.45, 2.75) is 25.9 Å². The fourth-order valence-corrected chi connectivity index (χ4v) is 2.97. The first-order chi connectivity index (χ1) is 9.83. The van der Waals surface area contributed by atoms with Gasteiger partial charge in [0, 0.05) is 45.3 Å². The SMILES string of the molecule is CC1CN(C2=NCCCN2)CCN1Cc1ccccc1. The maximum atomic E-state index is 4.61. The lowest BCUT2D eigenvalue weighted by Gasteiger charge is -2.41. The highest BCUT2D eigenvalue weighted by atomic mass is 15.4. The van der Waals surface area contributed by atoms with Crippen LogP contribution in [0.1, 0.15) is 18.9 Å². The summed E-state index contributed by atoms with van der Waals surface area (Å²) in [5, 5.41) is 3.43. The maximum Gasteiger partial charge on any atom is 0.194 e. The second-order valence-electron chi connectivity index (χ2n) is 5.74. The molecule has 1 aromatic carbocycles. The minimum Gasteiger partial charge on any atom is -0.356 e. The van der Waals surface area contributed by atoms with Gasteiger partial charge >= 0.3 is 0 Å². The Hall–Kier alpha value is -1.55. The summed E-state index contributed by atoms with van der Waals surface area (Å²) in [6.07, 6.45) is 1.16. The summed E-state index contributed by atoms with van der Waals surface area (Å²) < 4.78 is 0. The number of nitrogens with zero attached hydrogens (tertiary/aromatic N) is 3. The molecule has 2 aliphatic heterocycles. The first-order valence-electron chi connectivity index (χ1n) is 7.64. The van der Waals surface area contributed by atoms with Crippen LogP contribution in [0.2, 0.25) is 0 Å². The monoisotopic (exact) mass is 272 g/mol. The second kappa shape index (κ2) is 6.27. The summed E-state index contributed by atoms with van der Waals surface area (Å²) in [4.78, 5) is 9.58. The average molecular weight is 272 g/mol. The summed E-state index contributed by atoms with van der Waals surface area (Å²) in [6.45, 7) is 8.66. The summed E-state index contributed by atoms with van der Waals surface area (Å²) in [5.74, 6) is 1.11. The first-order valence-corrected chi connectivity index (χ1v) is 7.64. The Labute approximate surface area is 121 Å². The van der Waals surface area contributed by atoms with Gasteiger partial charge in [0.15, 0.2) is 5.96 Å². The molecule has 108 valence electrons. The van der Waals surface area contributed by atoms with Gasteiger partial charge in [0.2, 0.25) is 0 Å². The predicted octanol–water partition coefficient (Wildman–Crippen LogP) is 1.54. The van der Waals surface area contributed by atoms with Gasteiger partial charge in [0.25, 0.3) is 0 Å². The van der Waals surface area contributed by atoms with Crippen molar-refractivity contribution < 1.29 is 0 Å². The van der Waals surface area contributed by atoms with Crippen LogP contribution in [0.3, 0.4) is 0 Å². The van der Waals surface area contributed by atoms with Crippen LogP contribution in [0.5, 0.6) is 0 Å². The minimum atomic E-state index is 0.565. The van der Waals surface area contributed by atoms with Gasteiger partial charge in [-0.2, -0.15) is 0 Å². The van der Waals surface area contributed by atoms with Gasteiger partial charge in [-0.3, -0.25) is 9.89 Å². The van der Waals surface area contributed by atoms with E-state index in [2.05, 4.69) is 57.4 Å². The van der Waals surface area contributed by atoms with E-state index in [0.29, 0.717) is 6.04 Å². The zero-order chi connectivity index (χ0) is 13.8. The van der Waals surface area contributed by atoms with Crippen molar-refractivity contribution in [1.29, 1.82) is 0 Å². The smallest absolute Gasteiger partial charge is 0.194 e. The van der Waals surface area contributed by atoms with E-state index in [1.807, 2.05) is 0 Å². The number of aliphatic imine (C=N–C) groups is 1. The molecule has 1 unspecified atom stereocenters. The van der Waals surface area contributed by atoms with Crippen molar-refractivity contribution in [3.8, 4) is 0 Å². The standard InChI is InChI=1S/C16H24N4/c1-14-12-20(16-17-8-5-9-18-16)11-10-19(14)13-15-6-3-2-4-7-15/h2-4,6-7,14H,5,8-13H2,1H3,(H,17,18). The van der Waals surface area contributed by atoms with E-state index in [0.717, 1.165) is 51.6 Å². The third kappa shape index (κ3) is 3.12. The molecular weight excluding hydrogens is 248 g/mol. The molecule has 0 bridgehead atoms. The number of benzene rings is 1. The van der Waals surface area contributed by atoms with Crippen LogP contribution >= 0.6 is 0 Å². The minimum absolute atomic E-state index is 0.565. The highest BCUT2D eigenvalue weighted by Gasteiger charge is 2.26. The quantitative estimate of drug-likeness (QED) is 0.886. The normalized spacial score (nSPS) is 24.1. The van der Waals surface area contributed by atoms with Crippen LogP contribution in [0.4, 0.5) is 0 Å². The number of piperazine rings is 1. The molecule has 4 nitrogen and oxygen atoms in total. The number of rotatable bonds is 2. The van der Waals surface area contributed by atoms with Gasteiger partial charge in [0.1, 0.15) is 0 Å². The zero-order valence-electron chi connectivity index (χ0n) is 12.3. The molecule has 2 heterocycles. The lowest BCUT2D eigenvalue weighted by molar-refractivity contribution is 0.113. The Bertz CT molecular complexity index is 457. The molecule has 2 aliphatic rings. The van der Waals surface area contributed by atoms with Crippen molar-refractivity contribution >= 4 is 5.96 Å². The van der Waals surface area contributed by atoms with Crippen molar-refractivity contribution in [2.24, 2.45) is 4.99 Å². The molecule has 1 aromatic rings. The van der Waals surface area contributed by atoms with Crippen molar-refractivity contribution in [2.75, 3.05) is 32.7 Å². The first kappa shape index (κ1) is 13.4. The molecule has 0 saturated carbocycles. The lowest BCUT2D eigenvalue weighted by Crippen LogP contribution is -2.56. The van der Waals surface area contributed by atoms with E-state index in [1.165, 1.54) is 5.56 Å². The van der Waals surface area contributed by atoms with E-state index in [-0.39, 0.29) is 0 Å². The molecule has 20 heavy (non-hydrogen) atoms. The van der Waals surface area contributed by atoms with Gasteiger partial charge in [-0.15, -0.1) is 0 Å². The largest absolute Gasteiger partial charge is 0.356 e. The van der Waals surface area contributed by atoms with Crippen LogP contribution < -0.4 is 5.32 Å². The van der Waals surface area contributed by atoms with E-state index in [1.54, 1.807) is 0 Å². The summed E-state index contributed by atoms with van der Waals surface area (Å²) in [5.41, 5.74) is 1.40. The summed E-state index contributed by atoms with van der Waals surface area (Å²) in [6, 6.07) is 11.3. The number of guanidine groups is 1. The molecule has 0 spiro atoms. The topological polar surface area (TPSA) is 30.9 Å². The van der Waals surface area contributed by atoms with Crippen LogP contribution in [0.15, 0.2) is 35.3 Å². The van der Waals surface area contributed by atoms with E-state index in [4.69, 9.17) is 0 Å². The van der Waals surface area contributed by atoms with Gasteiger partial charge in [-0.05, 0) is 18.9 Å².